The molecule has 3 nitrogen and oxygen atoms in total. The van der Waals surface area contributed by atoms with E-state index in [2.05, 4.69) is 4.74 Å². The number of nitrogens with two attached hydrogens (primary N) is 1. The first-order chi connectivity index (χ1) is 6.31. The number of ether oxygens (including phenoxy) is 1. The van der Waals surface area contributed by atoms with Crippen LogP contribution in [0.1, 0.15) is 0 Å². The number of phenols is 1. The predicted molar refractivity (Wildman–Crippen MR) is 44.2 cm³/mol. The molecule has 0 amide bonds. The van der Waals surface area contributed by atoms with Crippen LogP contribution in [-0.2, 0) is 0 Å². The topological polar surface area (TPSA) is 55.5 Å². The zero-order valence-electron chi connectivity index (χ0n) is 6.60. The molecular formula is C7H5ClF3NO2. The Morgan fingerprint density at radius 3 is 2.43 bits per heavy atom. The molecule has 14 heavy (non-hydrogen) atoms. The first-order valence-electron chi connectivity index (χ1n) is 3.34. The van der Waals surface area contributed by atoms with E-state index in [-0.39, 0.29) is 5.02 Å². The normalized spacial score (nSPS) is 11.4. The molecule has 0 bridgehead atoms. The molecule has 1 aromatic carbocycles. The first kappa shape index (κ1) is 10.8. The maximum absolute atomic E-state index is 11.8. The number of halogens is 4. The van der Waals surface area contributed by atoms with E-state index in [0.29, 0.717) is 0 Å². The largest absolute Gasteiger partial charge is 0.573 e. The van der Waals surface area contributed by atoms with E-state index in [1.54, 1.807) is 0 Å². The van der Waals surface area contributed by atoms with E-state index < -0.39 is 23.5 Å². The van der Waals surface area contributed by atoms with Gasteiger partial charge in [0, 0.05) is 0 Å². The van der Waals surface area contributed by atoms with Crippen molar-refractivity contribution in [1.29, 1.82) is 0 Å². The molecule has 3 N–H and O–H groups in total. The fraction of sp³-hybridized carbons (Fsp3) is 0.143. The quantitative estimate of drug-likeness (QED) is 0.725. The maximum Gasteiger partial charge on any atom is 0.573 e. The molecule has 0 saturated heterocycles. The van der Waals surface area contributed by atoms with Crippen LogP contribution in [0.3, 0.4) is 0 Å². The molecule has 0 unspecified atom stereocenters. The number of aromatic hydroxyl groups is 1. The number of hydrogen-bond donors (Lipinski definition) is 2. The lowest BCUT2D eigenvalue weighted by molar-refractivity contribution is -0.274. The highest BCUT2D eigenvalue weighted by Crippen LogP contribution is 2.38. The number of hydrogen-bond acceptors (Lipinski definition) is 3. The van der Waals surface area contributed by atoms with E-state index in [9.17, 15) is 13.2 Å². The molecule has 0 fully saturated rings. The lowest BCUT2D eigenvalue weighted by Gasteiger charge is -2.12. The number of anilines is 1. The van der Waals surface area contributed by atoms with Gasteiger partial charge < -0.3 is 15.6 Å². The second kappa shape index (κ2) is 3.45. The molecule has 78 valence electrons. The lowest BCUT2D eigenvalue weighted by atomic mass is 10.3. The summed E-state index contributed by atoms with van der Waals surface area (Å²) in [5.41, 5.74) is 4.72. The van der Waals surface area contributed by atoms with Crippen molar-refractivity contribution in [3.05, 3.63) is 17.2 Å². The van der Waals surface area contributed by atoms with Gasteiger partial charge in [-0.05, 0) is 12.1 Å². The van der Waals surface area contributed by atoms with Crippen molar-refractivity contribution in [1.82, 2.24) is 0 Å². The van der Waals surface area contributed by atoms with Gasteiger partial charge in [-0.1, -0.05) is 11.6 Å². The Kier molecular flexibility index (Phi) is 2.66. The molecule has 0 spiro atoms. The molecule has 0 aliphatic heterocycles. The number of rotatable bonds is 1. The van der Waals surface area contributed by atoms with E-state index in [1.807, 2.05) is 0 Å². The Morgan fingerprint density at radius 1 is 1.36 bits per heavy atom. The van der Waals surface area contributed by atoms with Crippen LogP contribution in [0.5, 0.6) is 11.5 Å². The summed E-state index contributed by atoms with van der Waals surface area (Å²) in [7, 11) is 0. The third-order valence-electron chi connectivity index (χ3n) is 1.35. The van der Waals surface area contributed by atoms with Gasteiger partial charge in [0.1, 0.15) is 10.8 Å². The summed E-state index contributed by atoms with van der Waals surface area (Å²) in [5, 5.41) is 8.61. The summed E-state index contributed by atoms with van der Waals surface area (Å²) < 4.78 is 38.9. The van der Waals surface area contributed by atoms with Gasteiger partial charge in [-0.25, -0.2) is 0 Å². The maximum atomic E-state index is 11.8. The van der Waals surface area contributed by atoms with Crippen molar-refractivity contribution in [2.45, 2.75) is 6.36 Å². The Hall–Kier alpha value is -1.30. The molecule has 0 saturated carbocycles. The van der Waals surface area contributed by atoms with Gasteiger partial charge in [-0.15, -0.1) is 13.2 Å². The molecular weight excluding hydrogens is 223 g/mol. The van der Waals surface area contributed by atoms with Crippen LogP contribution in [0, 0.1) is 0 Å². The van der Waals surface area contributed by atoms with Gasteiger partial charge in [-0.2, -0.15) is 0 Å². The van der Waals surface area contributed by atoms with Gasteiger partial charge >= 0.3 is 6.36 Å². The smallest absolute Gasteiger partial charge is 0.506 e. The third-order valence-corrected chi connectivity index (χ3v) is 1.74. The highest BCUT2D eigenvalue weighted by Gasteiger charge is 2.32. The second-order valence-corrected chi connectivity index (χ2v) is 2.74. The highest BCUT2D eigenvalue weighted by atomic mass is 35.5. The minimum Gasteiger partial charge on any atom is -0.506 e. The average molecular weight is 228 g/mol. The summed E-state index contributed by atoms with van der Waals surface area (Å²) >= 11 is 5.39. The Bertz CT molecular complexity index is 354. The van der Waals surface area contributed by atoms with Crippen molar-refractivity contribution in [3.63, 3.8) is 0 Å². The monoisotopic (exact) mass is 227 g/mol. The number of nitrogen functional groups attached to an aromatic ring is 1. The van der Waals surface area contributed by atoms with Gasteiger partial charge in [-0.3, -0.25) is 0 Å². The Balaban J connectivity index is 3.06. The zero-order chi connectivity index (χ0) is 10.9. The average Bonchev–Trinajstić information content (AvgIpc) is 2.04. The summed E-state index contributed by atoms with van der Waals surface area (Å²) in [6.07, 6.45) is -4.84. The fourth-order valence-corrected chi connectivity index (χ4v) is 0.934. The van der Waals surface area contributed by atoms with Crippen LogP contribution in [-0.4, -0.2) is 11.5 Å². The van der Waals surface area contributed by atoms with E-state index in [1.165, 1.54) is 0 Å². The molecule has 1 rings (SSSR count). The SMILES string of the molecule is Nc1c(OC(F)(F)F)ccc(O)c1Cl. The van der Waals surface area contributed by atoms with Gasteiger partial charge in [0.2, 0.25) is 0 Å². The van der Waals surface area contributed by atoms with Crippen LogP contribution in [0.2, 0.25) is 5.02 Å². The van der Waals surface area contributed by atoms with E-state index in [4.69, 9.17) is 22.4 Å². The van der Waals surface area contributed by atoms with Gasteiger partial charge in [0.25, 0.3) is 0 Å². The molecule has 0 radical (unpaired) electrons. The van der Waals surface area contributed by atoms with Crippen molar-refractivity contribution in [2.24, 2.45) is 0 Å². The van der Waals surface area contributed by atoms with Crippen LogP contribution in [0.4, 0.5) is 18.9 Å². The van der Waals surface area contributed by atoms with Crippen molar-refractivity contribution < 1.29 is 23.0 Å². The summed E-state index contributed by atoms with van der Waals surface area (Å²) in [6, 6.07) is 1.84. The van der Waals surface area contributed by atoms with E-state index >= 15 is 0 Å². The van der Waals surface area contributed by atoms with E-state index in [0.717, 1.165) is 12.1 Å². The van der Waals surface area contributed by atoms with Crippen LogP contribution in [0.25, 0.3) is 0 Å². The lowest BCUT2D eigenvalue weighted by Crippen LogP contribution is -2.18. The predicted octanol–water partition coefficient (Wildman–Crippen LogP) is 2.53. The molecule has 1 aromatic rings. The second-order valence-electron chi connectivity index (χ2n) is 2.36. The minimum absolute atomic E-state index is 0.369. The fourth-order valence-electron chi connectivity index (χ4n) is 0.777. The van der Waals surface area contributed by atoms with Crippen molar-refractivity contribution in [2.75, 3.05) is 5.73 Å². The summed E-state index contributed by atoms with van der Waals surface area (Å²) in [4.78, 5) is 0. The number of phenolic OH excluding ortho intramolecular Hbond substituents is 1. The minimum atomic E-state index is -4.84. The molecule has 0 atom stereocenters. The van der Waals surface area contributed by atoms with Crippen molar-refractivity contribution >= 4 is 17.3 Å². The molecule has 0 aliphatic carbocycles. The first-order valence-corrected chi connectivity index (χ1v) is 3.72. The molecule has 0 aliphatic rings. The molecule has 7 heteroatoms. The van der Waals surface area contributed by atoms with Crippen LogP contribution in [0.15, 0.2) is 12.1 Å². The van der Waals surface area contributed by atoms with Crippen LogP contribution >= 0.6 is 11.6 Å². The summed E-state index contributed by atoms with van der Waals surface area (Å²) in [5.74, 6) is -1.04. The van der Waals surface area contributed by atoms with Crippen LogP contribution < -0.4 is 10.5 Å². The molecule has 0 heterocycles. The van der Waals surface area contributed by atoms with Gasteiger partial charge in [0.15, 0.2) is 5.75 Å². The number of alkyl halides is 3. The standard InChI is InChI=1S/C7H5ClF3NO2/c8-5-3(13)1-2-4(6(5)12)14-7(9,10)11/h1-2,13H,12H2. The summed E-state index contributed by atoms with van der Waals surface area (Å²) in [6.45, 7) is 0. The molecule has 0 aromatic heterocycles. The Morgan fingerprint density at radius 2 is 1.93 bits per heavy atom. The third kappa shape index (κ3) is 2.35. The Labute approximate surface area is 81.8 Å². The van der Waals surface area contributed by atoms with Gasteiger partial charge in [0.05, 0.1) is 5.69 Å². The van der Waals surface area contributed by atoms with Crippen molar-refractivity contribution in [3.8, 4) is 11.5 Å². The number of benzene rings is 1. The zero-order valence-corrected chi connectivity index (χ0v) is 7.36. The highest BCUT2D eigenvalue weighted by molar-refractivity contribution is 6.34.